The van der Waals surface area contributed by atoms with Crippen molar-refractivity contribution in [2.75, 3.05) is 18.8 Å². The van der Waals surface area contributed by atoms with Crippen LogP contribution in [0.25, 0.3) is 0 Å². The molecule has 1 atom stereocenters. The molecule has 22 heavy (non-hydrogen) atoms. The van der Waals surface area contributed by atoms with Crippen molar-refractivity contribution in [1.29, 1.82) is 0 Å². The Balaban J connectivity index is 1.82. The summed E-state index contributed by atoms with van der Waals surface area (Å²) in [4.78, 5) is 17.9. The first-order valence-electron chi connectivity index (χ1n) is 7.25. The zero-order valence-electron chi connectivity index (χ0n) is 12.3. The molecule has 0 radical (unpaired) electrons. The number of rotatable bonds is 4. The number of carbonyl (C=O) groups is 1. The molecule has 1 amide bonds. The first-order chi connectivity index (χ1) is 10.5. The highest BCUT2D eigenvalue weighted by Crippen LogP contribution is 2.22. The van der Waals surface area contributed by atoms with Gasteiger partial charge in [-0.2, -0.15) is 8.78 Å². The van der Waals surface area contributed by atoms with Gasteiger partial charge in [0.05, 0.1) is 17.9 Å². The molecule has 1 fully saturated rings. The number of amides is 1. The summed E-state index contributed by atoms with van der Waals surface area (Å²) in [5.74, 6) is -0.186. The van der Waals surface area contributed by atoms with Gasteiger partial charge in [0.2, 0.25) is 5.91 Å². The minimum Gasteiger partial charge on any atom is -0.397 e. The van der Waals surface area contributed by atoms with Gasteiger partial charge in [-0.3, -0.25) is 9.78 Å². The van der Waals surface area contributed by atoms with Crippen LogP contribution in [0.1, 0.15) is 25.0 Å². The standard InChI is InChI=1S/C15H20F2N4O/c16-14(17)10-5-7-21(8-6-10)15(22)13(19)4-3-12-2-1-11(18)9-20-12/h1-2,9,13H,3-8,18-19H2/t13-/m0/s1. The van der Waals surface area contributed by atoms with Crippen LogP contribution in [0.4, 0.5) is 14.5 Å². The molecule has 1 aliphatic heterocycles. The molecule has 2 rings (SSSR count). The van der Waals surface area contributed by atoms with Crippen molar-refractivity contribution in [2.45, 2.75) is 31.7 Å². The van der Waals surface area contributed by atoms with Crippen molar-refractivity contribution < 1.29 is 13.6 Å². The van der Waals surface area contributed by atoms with Crippen molar-refractivity contribution >= 4 is 11.6 Å². The Labute approximate surface area is 128 Å². The molecule has 0 bridgehead atoms. The first-order valence-corrected chi connectivity index (χ1v) is 7.25. The van der Waals surface area contributed by atoms with Gasteiger partial charge in [-0.25, -0.2) is 0 Å². The summed E-state index contributed by atoms with van der Waals surface area (Å²) in [6, 6.07) is 2.91. The second-order valence-corrected chi connectivity index (χ2v) is 5.42. The first kappa shape index (κ1) is 16.4. The molecule has 1 aromatic heterocycles. The Hall–Kier alpha value is -2.02. The maximum atomic E-state index is 12.5. The lowest BCUT2D eigenvalue weighted by Crippen LogP contribution is -2.46. The van der Waals surface area contributed by atoms with E-state index >= 15 is 0 Å². The summed E-state index contributed by atoms with van der Waals surface area (Å²) < 4.78 is 25.0. The fourth-order valence-electron chi connectivity index (χ4n) is 2.43. The number of nitrogen functional groups attached to an aromatic ring is 1. The van der Waals surface area contributed by atoms with Crippen molar-refractivity contribution in [1.82, 2.24) is 9.88 Å². The molecule has 1 saturated heterocycles. The van der Waals surface area contributed by atoms with Crippen molar-refractivity contribution in [3.8, 4) is 0 Å². The molecule has 0 unspecified atom stereocenters. The van der Waals surface area contributed by atoms with E-state index < -0.39 is 12.1 Å². The number of pyridine rings is 1. The molecule has 1 aliphatic rings. The summed E-state index contributed by atoms with van der Waals surface area (Å²) >= 11 is 0. The zero-order valence-corrected chi connectivity index (χ0v) is 12.3. The number of aryl methyl sites for hydroxylation is 1. The van der Waals surface area contributed by atoms with Gasteiger partial charge in [-0.05, 0) is 43.4 Å². The molecular formula is C15H20F2N4O. The minimum atomic E-state index is -1.62. The molecule has 0 aromatic carbocycles. The average Bonchev–Trinajstić information content (AvgIpc) is 2.53. The highest BCUT2D eigenvalue weighted by atomic mass is 19.3. The van der Waals surface area contributed by atoms with Crippen LogP contribution in [0.15, 0.2) is 30.0 Å². The van der Waals surface area contributed by atoms with Gasteiger partial charge in [0.1, 0.15) is 0 Å². The number of aromatic nitrogens is 1. The number of piperidine rings is 1. The maximum absolute atomic E-state index is 12.5. The summed E-state index contributed by atoms with van der Waals surface area (Å²) in [6.07, 6.45) is 1.43. The summed E-state index contributed by atoms with van der Waals surface area (Å²) in [5, 5.41) is 0. The van der Waals surface area contributed by atoms with E-state index in [1.165, 1.54) is 0 Å². The quantitative estimate of drug-likeness (QED) is 0.886. The van der Waals surface area contributed by atoms with Gasteiger partial charge in [0.25, 0.3) is 6.08 Å². The Morgan fingerprint density at radius 1 is 1.32 bits per heavy atom. The van der Waals surface area contributed by atoms with E-state index in [9.17, 15) is 13.6 Å². The smallest absolute Gasteiger partial charge is 0.269 e. The van der Waals surface area contributed by atoms with E-state index in [0.29, 0.717) is 31.6 Å². The molecule has 120 valence electrons. The van der Waals surface area contributed by atoms with E-state index in [4.69, 9.17) is 11.5 Å². The van der Waals surface area contributed by atoms with E-state index in [-0.39, 0.29) is 24.3 Å². The van der Waals surface area contributed by atoms with Crippen LogP contribution in [0.3, 0.4) is 0 Å². The number of nitrogens with two attached hydrogens (primary N) is 2. The van der Waals surface area contributed by atoms with Crippen LogP contribution in [-0.4, -0.2) is 34.9 Å². The van der Waals surface area contributed by atoms with E-state index in [2.05, 4.69) is 4.98 Å². The summed E-state index contributed by atoms with van der Waals surface area (Å²) in [7, 11) is 0. The lowest BCUT2D eigenvalue weighted by atomic mass is 10.0. The predicted molar refractivity (Wildman–Crippen MR) is 80.0 cm³/mol. The van der Waals surface area contributed by atoms with Crippen LogP contribution in [0.2, 0.25) is 0 Å². The van der Waals surface area contributed by atoms with E-state index in [1.807, 2.05) is 0 Å². The molecule has 4 N–H and O–H groups in total. The number of hydrogen-bond acceptors (Lipinski definition) is 4. The molecule has 7 heteroatoms. The van der Waals surface area contributed by atoms with Gasteiger partial charge >= 0.3 is 0 Å². The average molecular weight is 310 g/mol. The van der Waals surface area contributed by atoms with Gasteiger partial charge < -0.3 is 16.4 Å². The molecule has 0 spiro atoms. The molecule has 5 nitrogen and oxygen atoms in total. The number of carbonyl (C=O) groups excluding carboxylic acids is 1. The van der Waals surface area contributed by atoms with Gasteiger partial charge in [-0.15, -0.1) is 0 Å². The number of anilines is 1. The number of likely N-dealkylation sites (tertiary alicyclic amines) is 1. The highest BCUT2D eigenvalue weighted by Gasteiger charge is 2.25. The highest BCUT2D eigenvalue weighted by molar-refractivity contribution is 5.81. The summed E-state index contributed by atoms with van der Waals surface area (Å²) in [5.41, 5.74) is 13.0. The topological polar surface area (TPSA) is 85.2 Å². The van der Waals surface area contributed by atoms with Crippen LogP contribution in [0, 0.1) is 0 Å². The number of halogens is 2. The largest absolute Gasteiger partial charge is 0.397 e. The predicted octanol–water partition coefficient (Wildman–Crippen LogP) is 1.70. The van der Waals surface area contributed by atoms with Crippen LogP contribution in [0.5, 0.6) is 0 Å². The Morgan fingerprint density at radius 2 is 2.00 bits per heavy atom. The number of hydrogen-bond donors (Lipinski definition) is 2. The van der Waals surface area contributed by atoms with Crippen LogP contribution < -0.4 is 11.5 Å². The SMILES string of the molecule is Nc1ccc(CC[C@H](N)C(=O)N2CCC(=C(F)F)CC2)nc1. The van der Waals surface area contributed by atoms with E-state index in [1.54, 1.807) is 23.2 Å². The molecule has 2 heterocycles. The fourth-order valence-corrected chi connectivity index (χ4v) is 2.43. The van der Waals surface area contributed by atoms with E-state index in [0.717, 1.165) is 5.69 Å². The van der Waals surface area contributed by atoms with Crippen molar-refractivity contribution in [2.24, 2.45) is 5.73 Å². The second kappa shape index (κ2) is 7.31. The Bertz CT molecular complexity index is 545. The van der Waals surface area contributed by atoms with Crippen molar-refractivity contribution in [3.63, 3.8) is 0 Å². The minimum absolute atomic E-state index is 0.142. The lowest BCUT2D eigenvalue weighted by Gasteiger charge is -2.30. The van der Waals surface area contributed by atoms with Crippen LogP contribution in [-0.2, 0) is 11.2 Å². The second-order valence-electron chi connectivity index (χ2n) is 5.42. The van der Waals surface area contributed by atoms with Gasteiger partial charge in [0.15, 0.2) is 0 Å². The normalized spacial score (nSPS) is 16.5. The third-order valence-corrected chi connectivity index (χ3v) is 3.82. The lowest BCUT2D eigenvalue weighted by molar-refractivity contribution is -0.133. The molecule has 0 saturated carbocycles. The summed E-state index contributed by atoms with van der Waals surface area (Å²) in [6.45, 7) is 0.610. The zero-order chi connectivity index (χ0) is 16.1. The Morgan fingerprint density at radius 3 is 2.55 bits per heavy atom. The monoisotopic (exact) mass is 310 g/mol. The molecular weight excluding hydrogens is 290 g/mol. The van der Waals surface area contributed by atoms with Gasteiger partial charge in [-0.1, -0.05) is 0 Å². The third kappa shape index (κ3) is 4.24. The fraction of sp³-hybridized carbons (Fsp3) is 0.467. The van der Waals surface area contributed by atoms with Gasteiger partial charge in [0, 0.05) is 18.8 Å². The Kier molecular flexibility index (Phi) is 5.43. The molecule has 1 aromatic rings. The van der Waals surface area contributed by atoms with Crippen LogP contribution >= 0.6 is 0 Å². The molecule has 0 aliphatic carbocycles. The maximum Gasteiger partial charge on any atom is 0.269 e. The third-order valence-electron chi connectivity index (χ3n) is 3.82. The van der Waals surface area contributed by atoms with Crippen molar-refractivity contribution in [3.05, 3.63) is 35.7 Å². The number of nitrogens with zero attached hydrogens (tertiary/aromatic N) is 2.